The number of benzene rings is 1. The highest BCUT2D eigenvalue weighted by molar-refractivity contribution is 5.74. The fourth-order valence-electron chi connectivity index (χ4n) is 5.34. The summed E-state index contributed by atoms with van der Waals surface area (Å²) in [5.41, 5.74) is 2.39. The molecule has 0 N–H and O–H groups in total. The first-order valence-electron chi connectivity index (χ1n) is 15.9. The molecule has 0 spiro atoms. The maximum Gasteiger partial charge on any atom is 0.340 e. The van der Waals surface area contributed by atoms with Crippen LogP contribution in [-0.4, -0.2) is 34.8 Å². The molecule has 1 aromatic carbocycles. The minimum absolute atomic E-state index is 0.223. The molecule has 1 aliphatic rings. The van der Waals surface area contributed by atoms with Crippen LogP contribution < -0.4 is 4.74 Å². The van der Waals surface area contributed by atoms with E-state index in [-0.39, 0.29) is 12.5 Å². The van der Waals surface area contributed by atoms with Gasteiger partial charge in [0, 0.05) is 18.0 Å². The van der Waals surface area contributed by atoms with Crippen molar-refractivity contribution in [1.82, 2.24) is 9.97 Å². The molecule has 1 aliphatic carbocycles. The van der Waals surface area contributed by atoms with Gasteiger partial charge in [-0.15, -0.1) is 0 Å². The number of carbonyl (C=O) groups is 1. The summed E-state index contributed by atoms with van der Waals surface area (Å²) in [7, 11) is 0. The summed E-state index contributed by atoms with van der Waals surface area (Å²) >= 11 is 0. The Hall–Kier alpha value is -3.01. The van der Waals surface area contributed by atoms with E-state index in [2.05, 4.69) is 23.0 Å². The zero-order chi connectivity index (χ0) is 29.3. The molecule has 6 nitrogen and oxygen atoms in total. The molecular formula is C34H48FN3O3. The minimum Gasteiger partial charge on any atom is -0.492 e. The van der Waals surface area contributed by atoms with Crippen molar-refractivity contribution in [3.05, 3.63) is 41.7 Å². The van der Waals surface area contributed by atoms with Gasteiger partial charge in [-0.25, -0.2) is 19.2 Å². The van der Waals surface area contributed by atoms with Crippen molar-refractivity contribution in [2.45, 2.75) is 129 Å². The second kappa shape index (κ2) is 18.4. The normalized spacial score (nSPS) is 17.5. The lowest BCUT2D eigenvalue weighted by atomic mass is 9.88. The van der Waals surface area contributed by atoms with Gasteiger partial charge in [0.2, 0.25) is 0 Å². The van der Waals surface area contributed by atoms with Crippen LogP contribution in [0.25, 0.3) is 11.4 Å². The second-order valence-electron chi connectivity index (χ2n) is 11.5. The van der Waals surface area contributed by atoms with E-state index in [1.54, 1.807) is 6.07 Å². The van der Waals surface area contributed by atoms with Crippen molar-refractivity contribution in [3.63, 3.8) is 0 Å². The Morgan fingerprint density at radius 2 is 1.63 bits per heavy atom. The third kappa shape index (κ3) is 11.4. The van der Waals surface area contributed by atoms with Crippen LogP contribution in [0.1, 0.15) is 121 Å². The van der Waals surface area contributed by atoms with Crippen LogP contribution >= 0.6 is 0 Å². The first kappa shape index (κ1) is 32.5. The maximum absolute atomic E-state index is 13.9. The van der Waals surface area contributed by atoms with Crippen molar-refractivity contribution < 1.29 is 18.7 Å². The van der Waals surface area contributed by atoms with Gasteiger partial charge in [-0.05, 0) is 74.6 Å². The van der Waals surface area contributed by atoms with Crippen molar-refractivity contribution in [1.29, 1.82) is 5.26 Å². The van der Waals surface area contributed by atoms with E-state index in [1.807, 2.05) is 31.5 Å². The van der Waals surface area contributed by atoms with Gasteiger partial charge in [-0.3, -0.25) is 0 Å². The number of ether oxygens (including phenoxy) is 2. The van der Waals surface area contributed by atoms with Gasteiger partial charge in [0.05, 0.1) is 12.2 Å². The molecule has 41 heavy (non-hydrogen) atoms. The van der Waals surface area contributed by atoms with E-state index in [0.29, 0.717) is 48.9 Å². The molecule has 0 bridgehead atoms. The van der Waals surface area contributed by atoms with Gasteiger partial charge in [0.1, 0.15) is 17.9 Å². The Labute approximate surface area is 246 Å². The zero-order valence-corrected chi connectivity index (χ0v) is 25.1. The fraction of sp³-hybridized carbons (Fsp3) is 0.647. The molecule has 0 amide bonds. The number of nitriles is 1. The molecule has 1 aromatic heterocycles. The number of hydrogen-bond donors (Lipinski definition) is 0. The highest BCUT2D eigenvalue weighted by Gasteiger charge is 2.27. The summed E-state index contributed by atoms with van der Waals surface area (Å²) in [6, 6.07) is 7.73. The van der Waals surface area contributed by atoms with E-state index in [4.69, 9.17) is 9.47 Å². The van der Waals surface area contributed by atoms with Gasteiger partial charge in [0.15, 0.2) is 12.0 Å². The Balaban J connectivity index is 1.41. The number of aryl methyl sites for hydroxylation is 1. The summed E-state index contributed by atoms with van der Waals surface area (Å²) in [5, 5.41) is 9.74. The number of rotatable bonds is 18. The third-order valence-electron chi connectivity index (χ3n) is 8.00. The molecule has 0 unspecified atom stereocenters. The van der Waals surface area contributed by atoms with Gasteiger partial charge in [0.25, 0.3) is 0 Å². The molecule has 1 fully saturated rings. The highest BCUT2D eigenvalue weighted by atomic mass is 19.1. The number of aromatic nitrogens is 2. The summed E-state index contributed by atoms with van der Waals surface area (Å²) in [4.78, 5) is 21.1. The minimum atomic E-state index is -1.52. The topological polar surface area (TPSA) is 85.1 Å². The number of hydrogen-bond acceptors (Lipinski definition) is 6. The monoisotopic (exact) mass is 565 g/mol. The smallest absolute Gasteiger partial charge is 0.340 e. The van der Waals surface area contributed by atoms with Crippen LogP contribution in [0.4, 0.5) is 4.39 Å². The molecule has 1 heterocycles. The Bertz CT molecular complexity index is 1080. The lowest BCUT2D eigenvalue weighted by Gasteiger charge is -2.28. The van der Waals surface area contributed by atoms with Crippen molar-refractivity contribution in [2.75, 3.05) is 6.61 Å². The number of nitrogens with zero attached hydrogens (tertiary/aromatic N) is 3. The molecule has 1 atom stereocenters. The molecule has 0 radical (unpaired) electrons. The molecule has 7 heteroatoms. The van der Waals surface area contributed by atoms with Gasteiger partial charge in [-0.2, -0.15) is 5.26 Å². The Morgan fingerprint density at radius 1 is 0.976 bits per heavy atom. The summed E-state index contributed by atoms with van der Waals surface area (Å²) in [5.74, 6) is 0.728. The van der Waals surface area contributed by atoms with Crippen LogP contribution in [0.2, 0.25) is 0 Å². The second-order valence-corrected chi connectivity index (χ2v) is 11.5. The average molecular weight is 566 g/mol. The zero-order valence-electron chi connectivity index (χ0n) is 25.1. The van der Waals surface area contributed by atoms with Crippen LogP contribution in [-0.2, 0) is 16.0 Å². The maximum atomic E-state index is 13.9. The molecule has 1 saturated carbocycles. The average Bonchev–Trinajstić information content (AvgIpc) is 3.01. The fourth-order valence-corrected chi connectivity index (χ4v) is 5.34. The molecule has 0 aliphatic heterocycles. The van der Waals surface area contributed by atoms with Crippen molar-refractivity contribution >= 4 is 5.97 Å². The van der Waals surface area contributed by atoms with Crippen molar-refractivity contribution in [3.8, 4) is 23.2 Å². The van der Waals surface area contributed by atoms with Crippen LogP contribution in [0, 0.1) is 17.2 Å². The standard InChI is InChI=1S/C34H48FN3O3/c1-3-5-7-8-9-10-11-12-13-27-23-37-33(38-24-27)28-17-20-32(29(21-28)22-36)40-25-26-15-18-30(19-16-26)41-34(39)31(35)14-6-4-2/h17,20-21,23-24,26,30-31H,3-16,18-19,25H2,1-2H3/t26-,30-,31-/m0/s1. The van der Waals surface area contributed by atoms with Crippen LogP contribution in [0.3, 0.4) is 0 Å². The van der Waals surface area contributed by atoms with Gasteiger partial charge in [-0.1, -0.05) is 71.6 Å². The van der Waals surface area contributed by atoms with E-state index in [1.165, 1.54) is 44.9 Å². The van der Waals surface area contributed by atoms with Crippen LogP contribution in [0.15, 0.2) is 30.6 Å². The summed E-state index contributed by atoms with van der Waals surface area (Å²) in [6.45, 7) is 4.71. The number of esters is 1. The van der Waals surface area contributed by atoms with Crippen LogP contribution in [0.5, 0.6) is 5.75 Å². The van der Waals surface area contributed by atoms with E-state index in [0.717, 1.165) is 43.2 Å². The molecule has 2 aromatic rings. The summed E-state index contributed by atoms with van der Waals surface area (Å²) < 4.78 is 25.4. The number of carbonyl (C=O) groups excluding carboxylic acids is 1. The Morgan fingerprint density at radius 3 is 2.29 bits per heavy atom. The summed E-state index contributed by atoms with van der Waals surface area (Å²) in [6.07, 6.45) is 18.3. The number of halogens is 1. The SMILES string of the molecule is CCCCCCCCCCc1cnc(-c2ccc(OC[C@H]3CC[C@H](OC(=O)[C@@H](F)CCCC)CC3)c(C#N)c2)nc1. The lowest BCUT2D eigenvalue weighted by Crippen LogP contribution is -2.30. The number of alkyl halides is 1. The molecule has 0 saturated heterocycles. The highest BCUT2D eigenvalue weighted by Crippen LogP contribution is 2.30. The van der Waals surface area contributed by atoms with E-state index < -0.39 is 12.1 Å². The quantitative estimate of drug-likeness (QED) is 0.133. The molecule has 224 valence electrons. The molecule has 3 rings (SSSR count). The first-order valence-corrected chi connectivity index (χ1v) is 15.9. The van der Waals surface area contributed by atoms with Crippen molar-refractivity contribution in [2.24, 2.45) is 5.92 Å². The predicted molar refractivity (Wildman–Crippen MR) is 160 cm³/mol. The largest absolute Gasteiger partial charge is 0.492 e. The molecular weight excluding hydrogens is 517 g/mol. The predicted octanol–water partition coefficient (Wildman–Crippen LogP) is 8.71. The number of unbranched alkanes of at least 4 members (excludes halogenated alkanes) is 8. The Kier molecular flexibility index (Phi) is 14.6. The van der Waals surface area contributed by atoms with Gasteiger partial charge >= 0.3 is 5.97 Å². The van der Waals surface area contributed by atoms with E-state index in [9.17, 15) is 14.4 Å². The van der Waals surface area contributed by atoms with E-state index >= 15 is 0 Å². The lowest BCUT2D eigenvalue weighted by molar-refractivity contribution is -0.157. The third-order valence-corrected chi connectivity index (χ3v) is 8.00. The van der Waals surface area contributed by atoms with Gasteiger partial charge < -0.3 is 9.47 Å². The first-order chi connectivity index (χ1) is 20.0.